The first-order chi connectivity index (χ1) is 11.9. The number of rotatable bonds is 12. The summed E-state index contributed by atoms with van der Waals surface area (Å²) >= 11 is 0. The van der Waals surface area contributed by atoms with Gasteiger partial charge in [0.15, 0.2) is 0 Å². The largest absolute Gasteiger partial charge is 0.491 e. The molecule has 0 bridgehead atoms. The summed E-state index contributed by atoms with van der Waals surface area (Å²) in [7, 11) is 0. The predicted molar refractivity (Wildman–Crippen MR) is 102 cm³/mol. The van der Waals surface area contributed by atoms with Gasteiger partial charge < -0.3 is 14.6 Å². The second kappa shape index (κ2) is 11.6. The molecule has 0 saturated carbocycles. The van der Waals surface area contributed by atoms with Gasteiger partial charge in [0.25, 0.3) is 0 Å². The molecule has 0 aliphatic carbocycles. The van der Waals surface area contributed by atoms with Crippen LogP contribution in [0, 0.1) is 0 Å². The van der Waals surface area contributed by atoms with Crippen molar-refractivity contribution >= 4 is 12.0 Å². The second-order valence-electron chi connectivity index (χ2n) is 6.55. The minimum Gasteiger partial charge on any atom is -0.491 e. The Labute approximate surface area is 151 Å². The van der Waals surface area contributed by atoms with Gasteiger partial charge >= 0.3 is 5.97 Å². The molecule has 140 valence electrons. The lowest BCUT2D eigenvalue weighted by molar-refractivity contribution is -0.131. The molecule has 2 atom stereocenters. The summed E-state index contributed by atoms with van der Waals surface area (Å²) in [6.07, 6.45) is 9.43. The Morgan fingerprint density at radius 3 is 1.88 bits per heavy atom. The summed E-state index contributed by atoms with van der Waals surface area (Å²) in [4.78, 5) is 10.8. The predicted octanol–water partition coefficient (Wildman–Crippen LogP) is 5.70. The van der Waals surface area contributed by atoms with Gasteiger partial charge in [0.2, 0.25) is 0 Å². The van der Waals surface area contributed by atoms with Crippen molar-refractivity contribution in [3.63, 3.8) is 0 Å². The maximum atomic E-state index is 10.8. The minimum atomic E-state index is -0.971. The summed E-state index contributed by atoms with van der Waals surface area (Å²) in [6.45, 7) is 8.43. The van der Waals surface area contributed by atoms with Crippen molar-refractivity contribution in [3.8, 4) is 11.5 Å². The van der Waals surface area contributed by atoms with Crippen LogP contribution in [0.4, 0.5) is 0 Å². The van der Waals surface area contributed by atoms with Crippen LogP contribution in [0.15, 0.2) is 24.3 Å². The molecule has 2 unspecified atom stereocenters. The average Bonchev–Trinajstić information content (AvgIpc) is 2.56. The van der Waals surface area contributed by atoms with Gasteiger partial charge in [-0.1, -0.05) is 39.5 Å². The van der Waals surface area contributed by atoms with Gasteiger partial charge in [0.1, 0.15) is 11.5 Å². The van der Waals surface area contributed by atoms with Crippen LogP contribution in [0.1, 0.15) is 71.8 Å². The molecule has 0 aliphatic heterocycles. The smallest absolute Gasteiger partial charge is 0.328 e. The number of unbranched alkanes of at least 4 members (excludes halogenated alkanes) is 2. The highest BCUT2D eigenvalue weighted by molar-refractivity contribution is 5.85. The molecule has 0 fully saturated rings. The average molecular weight is 348 g/mol. The van der Waals surface area contributed by atoms with E-state index in [-0.39, 0.29) is 12.2 Å². The molecule has 0 saturated heterocycles. The molecule has 1 rings (SSSR count). The van der Waals surface area contributed by atoms with E-state index in [1.807, 2.05) is 18.2 Å². The first kappa shape index (κ1) is 21.1. The first-order valence-electron chi connectivity index (χ1n) is 9.34. The standard InChI is InChI=1S/C21H32O4/c1-5-7-9-16(3)24-19-13-18(11-12-21(22)23)14-20(15-19)25-17(4)10-8-6-2/h11-17H,5-10H2,1-4H3,(H,22,23)/b12-11+. The number of hydrogen-bond acceptors (Lipinski definition) is 3. The lowest BCUT2D eigenvalue weighted by Gasteiger charge is -2.18. The molecule has 4 nitrogen and oxygen atoms in total. The van der Waals surface area contributed by atoms with Gasteiger partial charge in [-0.05, 0) is 50.5 Å². The van der Waals surface area contributed by atoms with Crippen LogP contribution in [-0.4, -0.2) is 23.3 Å². The van der Waals surface area contributed by atoms with E-state index in [1.165, 1.54) is 0 Å². The van der Waals surface area contributed by atoms with Gasteiger partial charge in [-0.3, -0.25) is 0 Å². The Balaban J connectivity index is 2.91. The van der Waals surface area contributed by atoms with Crippen LogP contribution in [0.5, 0.6) is 11.5 Å². The van der Waals surface area contributed by atoms with E-state index in [4.69, 9.17) is 14.6 Å². The van der Waals surface area contributed by atoms with Gasteiger partial charge in [-0.15, -0.1) is 0 Å². The topological polar surface area (TPSA) is 55.8 Å². The van der Waals surface area contributed by atoms with E-state index in [1.54, 1.807) is 6.08 Å². The lowest BCUT2D eigenvalue weighted by Crippen LogP contribution is -2.13. The van der Waals surface area contributed by atoms with E-state index in [2.05, 4.69) is 27.7 Å². The summed E-state index contributed by atoms with van der Waals surface area (Å²) in [6, 6.07) is 5.60. The highest BCUT2D eigenvalue weighted by atomic mass is 16.5. The molecule has 0 radical (unpaired) electrons. The molecule has 1 N–H and O–H groups in total. The third kappa shape index (κ3) is 9.18. The molecule has 25 heavy (non-hydrogen) atoms. The van der Waals surface area contributed by atoms with Crippen LogP contribution in [0.2, 0.25) is 0 Å². The SMILES string of the molecule is CCCCC(C)Oc1cc(/C=C/C(=O)O)cc(OC(C)CCCC)c1. The zero-order valence-corrected chi connectivity index (χ0v) is 16.0. The van der Waals surface area contributed by atoms with Crippen LogP contribution < -0.4 is 9.47 Å². The van der Waals surface area contributed by atoms with Crippen molar-refractivity contribution < 1.29 is 19.4 Å². The Kier molecular flexibility index (Phi) is 9.75. The fraction of sp³-hybridized carbons (Fsp3) is 0.571. The highest BCUT2D eigenvalue weighted by Crippen LogP contribution is 2.27. The van der Waals surface area contributed by atoms with Crippen molar-refractivity contribution in [1.29, 1.82) is 0 Å². The number of carboxylic acids is 1. The number of aliphatic carboxylic acids is 1. The van der Waals surface area contributed by atoms with Crippen molar-refractivity contribution in [2.24, 2.45) is 0 Å². The summed E-state index contributed by atoms with van der Waals surface area (Å²) in [5, 5.41) is 8.85. The fourth-order valence-electron chi connectivity index (χ4n) is 2.56. The van der Waals surface area contributed by atoms with E-state index in [0.29, 0.717) is 11.5 Å². The summed E-state index contributed by atoms with van der Waals surface area (Å²) in [5.74, 6) is 0.462. The van der Waals surface area contributed by atoms with E-state index in [9.17, 15) is 4.79 Å². The van der Waals surface area contributed by atoms with Crippen molar-refractivity contribution in [2.75, 3.05) is 0 Å². The van der Waals surface area contributed by atoms with Gasteiger partial charge in [-0.25, -0.2) is 4.79 Å². The van der Waals surface area contributed by atoms with Gasteiger partial charge in [0.05, 0.1) is 12.2 Å². The van der Waals surface area contributed by atoms with Crippen molar-refractivity contribution in [2.45, 2.75) is 78.4 Å². The molecule has 1 aromatic carbocycles. The number of benzene rings is 1. The minimum absolute atomic E-state index is 0.115. The van der Waals surface area contributed by atoms with E-state index >= 15 is 0 Å². The lowest BCUT2D eigenvalue weighted by atomic mass is 10.1. The Hall–Kier alpha value is -1.97. The van der Waals surface area contributed by atoms with E-state index < -0.39 is 5.97 Å². The Morgan fingerprint density at radius 2 is 1.48 bits per heavy atom. The van der Waals surface area contributed by atoms with Crippen LogP contribution in [-0.2, 0) is 4.79 Å². The van der Waals surface area contributed by atoms with Crippen LogP contribution in [0.3, 0.4) is 0 Å². The quantitative estimate of drug-likeness (QED) is 0.492. The number of hydrogen-bond donors (Lipinski definition) is 1. The number of ether oxygens (including phenoxy) is 2. The molecule has 0 spiro atoms. The zero-order valence-electron chi connectivity index (χ0n) is 16.0. The molecule has 0 amide bonds. The van der Waals surface area contributed by atoms with Gasteiger partial charge in [0, 0.05) is 12.1 Å². The monoisotopic (exact) mass is 348 g/mol. The highest BCUT2D eigenvalue weighted by Gasteiger charge is 2.09. The number of carboxylic acid groups (broad SMARTS) is 1. The van der Waals surface area contributed by atoms with Gasteiger partial charge in [-0.2, -0.15) is 0 Å². The molecule has 0 aliphatic rings. The Bertz CT molecular complexity index is 517. The molecule has 4 heteroatoms. The molecule has 0 aromatic heterocycles. The summed E-state index contributed by atoms with van der Waals surface area (Å²) < 4.78 is 12.0. The van der Waals surface area contributed by atoms with Crippen molar-refractivity contribution in [1.82, 2.24) is 0 Å². The third-order valence-electron chi connectivity index (χ3n) is 3.92. The maximum absolute atomic E-state index is 10.8. The van der Waals surface area contributed by atoms with Crippen molar-refractivity contribution in [3.05, 3.63) is 29.8 Å². The molecular weight excluding hydrogens is 316 g/mol. The third-order valence-corrected chi connectivity index (χ3v) is 3.92. The van der Waals surface area contributed by atoms with Crippen LogP contribution >= 0.6 is 0 Å². The number of carbonyl (C=O) groups is 1. The fourth-order valence-corrected chi connectivity index (χ4v) is 2.56. The second-order valence-corrected chi connectivity index (χ2v) is 6.55. The molecule has 0 heterocycles. The molecular formula is C21H32O4. The first-order valence-corrected chi connectivity index (χ1v) is 9.34. The molecule has 1 aromatic rings. The van der Waals surface area contributed by atoms with Crippen LogP contribution in [0.25, 0.3) is 6.08 Å². The zero-order chi connectivity index (χ0) is 18.7. The normalized spacial score (nSPS) is 13.6. The maximum Gasteiger partial charge on any atom is 0.328 e. The Morgan fingerprint density at radius 1 is 1.00 bits per heavy atom. The van der Waals surface area contributed by atoms with E-state index in [0.717, 1.165) is 50.2 Å². The summed E-state index contributed by atoms with van der Waals surface area (Å²) in [5.41, 5.74) is 0.764.